The summed E-state index contributed by atoms with van der Waals surface area (Å²) in [7, 11) is 1.97. The largest absolute Gasteiger partial charge is 0.344 e. The molecule has 0 aliphatic rings. The maximum atomic E-state index is 4.34. The second-order valence-electron chi connectivity index (χ2n) is 3.89. The zero-order chi connectivity index (χ0) is 11.4. The van der Waals surface area contributed by atoms with Crippen LogP contribution in [0.3, 0.4) is 0 Å². The second kappa shape index (κ2) is 4.94. The van der Waals surface area contributed by atoms with Crippen molar-refractivity contribution in [2.75, 3.05) is 7.05 Å². The smallest absolute Gasteiger partial charge is 0.0645 e. The molecule has 0 aromatic carbocycles. The highest BCUT2D eigenvalue weighted by molar-refractivity contribution is 5.14. The van der Waals surface area contributed by atoms with Crippen LogP contribution >= 0.6 is 0 Å². The molecule has 1 unspecified atom stereocenters. The molecular weight excluding hydrogens is 198 g/mol. The van der Waals surface area contributed by atoms with Crippen LogP contribution in [0.1, 0.15) is 24.4 Å². The highest BCUT2D eigenvalue weighted by Crippen LogP contribution is 2.13. The van der Waals surface area contributed by atoms with Crippen LogP contribution in [0.5, 0.6) is 0 Å². The van der Waals surface area contributed by atoms with E-state index in [9.17, 15) is 0 Å². The molecule has 84 valence electrons. The van der Waals surface area contributed by atoms with Crippen molar-refractivity contribution < 1.29 is 0 Å². The van der Waals surface area contributed by atoms with Gasteiger partial charge in [-0.2, -0.15) is 0 Å². The lowest BCUT2D eigenvalue weighted by Crippen LogP contribution is -2.17. The lowest BCUT2D eigenvalue weighted by molar-refractivity contribution is 0.586. The molecule has 1 N–H and O–H groups in total. The van der Waals surface area contributed by atoms with Gasteiger partial charge in [-0.1, -0.05) is 6.07 Å². The summed E-state index contributed by atoms with van der Waals surface area (Å²) >= 11 is 0. The molecule has 2 aromatic rings. The van der Waals surface area contributed by atoms with E-state index in [1.807, 2.05) is 31.4 Å². The van der Waals surface area contributed by atoms with Crippen molar-refractivity contribution >= 4 is 0 Å². The molecule has 0 amide bonds. The summed E-state index contributed by atoms with van der Waals surface area (Å²) in [4.78, 5) is 4.34. The van der Waals surface area contributed by atoms with Gasteiger partial charge in [0.2, 0.25) is 0 Å². The molecule has 0 spiro atoms. The third kappa shape index (κ3) is 2.31. The van der Waals surface area contributed by atoms with Crippen LogP contribution in [0.4, 0.5) is 0 Å². The number of pyridine rings is 1. The van der Waals surface area contributed by atoms with Gasteiger partial charge < -0.3 is 9.88 Å². The Morgan fingerprint density at radius 1 is 1.31 bits per heavy atom. The van der Waals surface area contributed by atoms with Gasteiger partial charge in [0, 0.05) is 24.1 Å². The van der Waals surface area contributed by atoms with Gasteiger partial charge in [-0.05, 0) is 38.2 Å². The van der Waals surface area contributed by atoms with Crippen LogP contribution in [0, 0.1) is 0 Å². The van der Waals surface area contributed by atoms with Crippen molar-refractivity contribution in [3.05, 3.63) is 54.1 Å². The van der Waals surface area contributed by atoms with Gasteiger partial charge in [-0.25, -0.2) is 0 Å². The lowest BCUT2D eigenvalue weighted by Gasteiger charge is -2.14. The molecule has 2 heterocycles. The average molecular weight is 215 g/mol. The summed E-state index contributed by atoms with van der Waals surface area (Å²) in [5.41, 5.74) is 2.37. The minimum Gasteiger partial charge on any atom is -0.344 e. The van der Waals surface area contributed by atoms with Gasteiger partial charge >= 0.3 is 0 Å². The predicted octanol–water partition coefficient (Wildman–Crippen LogP) is 2.21. The molecule has 0 saturated heterocycles. The number of hydrogen-bond donors (Lipinski definition) is 1. The molecule has 0 aliphatic heterocycles. The minimum atomic E-state index is 0.360. The molecule has 1 atom stereocenters. The van der Waals surface area contributed by atoms with Crippen molar-refractivity contribution in [1.82, 2.24) is 14.9 Å². The van der Waals surface area contributed by atoms with Crippen LogP contribution in [0.15, 0.2) is 42.7 Å². The summed E-state index contributed by atoms with van der Waals surface area (Å²) in [6.07, 6.45) is 3.93. The molecule has 0 radical (unpaired) electrons. The Hall–Kier alpha value is -1.61. The number of nitrogens with one attached hydrogen (secondary N) is 1. The van der Waals surface area contributed by atoms with Gasteiger partial charge in [-0.3, -0.25) is 4.98 Å². The summed E-state index contributed by atoms with van der Waals surface area (Å²) < 4.78 is 2.23. The fraction of sp³-hybridized carbons (Fsp3) is 0.308. The normalized spacial score (nSPS) is 12.6. The number of nitrogens with zero attached hydrogens (tertiary/aromatic N) is 2. The monoisotopic (exact) mass is 215 g/mol. The molecule has 0 aliphatic carbocycles. The fourth-order valence-corrected chi connectivity index (χ4v) is 1.78. The Kier molecular flexibility index (Phi) is 3.37. The van der Waals surface area contributed by atoms with E-state index in [1.165, 1.54) is 5.69 Å². The lowest BCUT2D eigenvalue weighted by atomic mass is 10.2. The standard InChI is InChI=1S/C13H17N3/c1-11(14-2)13-7-5-9-16(13)10-12-6-3-4-8-15-12/h3-9,11,14H,10H2,1-2H3. The Labute approximate surface area is 96.1 Å². The van der Waals surface area contributed by atoms with Gasteiger partial charge in [0.1, 0.15) is 0 Å². The van der Waals surface area contributed by atoms with Crippen LogP contribution in [0.25, 0.3) is 0 Å². The van der Waals surface area contributed by atoms with E-state index in [4.69, 9.17) is 0 Å². The Balaban J connectivity index is 2.19. The van der Waals surface area contributed by atoms with E-state index < -0.39 is 0 Å². The first-order valence-electron chi connectivity index (χ1n) is 5.53. The first kappa shape index (κ1) is 10.9. The van der Waals surface area contributed by atoms with Gasteiger partial charge in [0.25, 0.3) is 0 Å². The van der Waals surface area contributed by atoms with Crippen LogP contribution in [-0.2, 0) is 6.54 Å². The van der Waals surface area contributed by atoms with E-state index in [0.29, 0.717) is 6.04 Å². The summed E-state index contributed by atoms with van der Waals surface area (Å²) in [6.45, 7) is 2.99. The maximum Gasteiger partial charge on any atom is 0.0645 e. The summed E-state index contributed by atoms with van der Waals surface area (Å²) in [5, 5.41) is 3.25. The van der Waals surface area contributed by atoms with Gasteiger partial charge in [0.05, 0.1) is 12.2 Å². The Bertz CT molecular complexity index is 433. The van der Waals surface area contributed by atoms with Crippen molar-refractivity contribution in [1.29, 1.82) is 0 Å². The van der Waals surface area contributed by atoms with E-state index >= 15 is 0 Å². The first-order chi connectivity index (χ1) is 7.81. The highest BCUT2D eigenvalue weighted by atomic mass is 15.0. The predicted molar refractivity (Wildman–Crippen MR) is 65.2 cm³/mol. The Morgan fingerprint density at radius 2 is 2.19 bits per heavy atom. The summed E-state index contributed by atoms with van der Waals surface area (Å²) in [5.74, 6) is 0. The average Bonchev–Trinajstić information content (AvgIpc) is 2.77. The van der Waals surface area contributed by atoms with Crippen molar-refractivity contribution in [2.24, 2.45) is 0 Å². The third-order valence-electron chi connectivity index (χ3n) is 2.80. The summed E-state index contributed by atoms with van der Waals surface area (Å²) in [6, 6.07) is 10.6. The number of aromatic nitrogens is 2. The van der Waals surface area contributed by atoms with E-state index in [1.54, 1.807) is 0 Å². The third-order valence-corrected chi connectivity index (χ3v) is 2.80. The van der Waals surface area contributed by atoms with Gasteiger partial charge in [0.15, 0.2) is 0 Å². The zero-order valence-electron chi connectivity index (χ0n) is 9.72. The SMILES string of the molecule is CNC(C)c1cccn1Cc1ccccn1. The van der Waals surface area contributed by atoms with Crippen molar-refractivity contribution in [3.8, 4) is 0 Å². The van der Waals surface area contributed by atoms with Crippen LogP contribution < -0.4 is 5.32 Å². The first-order valence-corrected chi connectivity index (χ1v) is 5.53. The molecule has 0 saturated carbocycles. The second-order valence-corrected chi connectivity index (χ2v) is 3.89. The molecule has 0 fully saturated rings. The van der Waals surface area contributed by atoms with Crippen molar-refractivity contribution in [3.63, 3.8) is 0 Å². The number of rotatable bonds is 4. The topological polar surface area (TPSA) is 29.9 Å². The molecule has 3 heteroatoms. The Morgan fingerprint density at radius 3 is 2.88 bits per heavy atom. The molecule has 2 rings (SSSR count). The van der Waals surface area contributed by atoms with E-state index in [-0.39, 0.29) is 0 Å². The molecule has 3 nitrogen and oxygen atoms in total. The van der Waals surface area contributed by atoms with E-state index in [0.717, 1.165) is 12.2 Å². The van der Waals surface area contributed by atoms with Crippen molar-refractivity contribution in [2.45, 2.75) is 19.5 Å². The molecular formula is C13H17N3. The molecule has 16 heavy (non-hydrogen) atoms. The molecule has 0 bridgehead atoms. The number of hydrogen-bond acceptors (Lipinski definition) is 2. The highest BCUT2D eigenvalue weighted by Gasteiger charge is 2.07. The fourth-order valence-electron chi connectivity index (χ4n) is 1.78. The zero-order valence-corrected chi connectivity index (χ0v) is 9.72. The maximum absolute atomic E-state index is 4.34. The van der Waals surface area contributed by atoms with Crippen LogP contribution in [0.2, 0.25) is 0 Å². The van der Waals surface area contributed by atoms with Gasteiger partial charge in [-0.15, -0.1) is 0 Å². The van der Waals surface area contributed by atoms with Crippen LogP contribution in [-0.4, -0.2) is 16.6 Å². The molecule has 2 aromatic heterocycles. The minimum absolute atomic E-state index is 0.360. The quantitative estimate of drug-likeness (QED) is 0.847. The van der Waals surface area contributed by atoms with E-state index in [2.05, 4.69) is 40.1 Å².